The highest BCUT2D eigenvalue weighted by Gasteiger charge is 2.47. The zero-order valence-corrected chi connectivity index (χ0v) is 17.2. The van der Waals surface area contributed by atoms with Crippen molar-refractivity contribution in [2.24, 2.45) is 0 Å². The van der Waals surface area contributed by atoms with Gasteiger partial charge in [-0.3, -0.25) is 0 Å². The van der Waals surface area contributed by atoms with Gasteiger partial charge in [0.15, 0.2) is 11.4 Å². The van der Waals surface area contributed by atoms with Crippen molar-refractivity contribution in [1.29, 1.82) is 0 Å². The summed E-state index contributed by atoms with van der Waals surface area (Å²) >= 11 is 0. The number of hydrogen-bond donors (Lipinski definition) is 0. The van der Waals surface area contributed by atoms with E-state index in [0.29, 0.717) is 0 Å². The maximum absolute atomic E-state index is 2.47. The summed E-state index contributed by atoms with van der Waals surface area (Å²) in [6.07, 6.45) is 4.62. The minimum atomic E-state index is -0.126. The van der Waals surface area contributed by atoms with Gasteiger partial charge in [-0.1, -0.05) is 48.5 Å². The molecule has 2 aromatic carbocycles. The average Bonchev–Trinajstić information content (AvgIpc) is 3.13. The molecule has 0 saturated carbocycles. The lowest BCUT2D eigenvalue weighted by Crippen LogP contribution is -2.41. The van der Waals surface area contributed by atoms with Crippen molar-refractivity contribution in [3.8, 4) is 5.69 Å². The molecule has 1 unspecified atom stereocenters. The van der Waals surface area contributed by atoms with Gasteiger partial charge in [-0.05, 0) is 57.9 Å². The van der Waals surface area contributed by atoms with Crippen LogP contribution in [0.4, 0.5) is 0 Å². The van der Waals surface area contributed by atoms with E-state index >= 15 is 0 Å². The molecule has 1 aromatic heterocycles. The van der Waals surface area contributed by atoms with Crippen LogP contribution in [-0.4, -0.2) is 4.57 Å². The molecular weight excluding hydrogens is 328 g/mol. The van der Waals surface area contributed by atoms with Crippen molar-refractivity contribution in [3.05, 3.63) is 89.0 Å². The fraction of sp³-hybridized carbons (Fsp3) is 0.320. The van der Waals surface area contributed by atoms with Gasteiger partial charge < -0.3 is 0 Å². The van der Waals surface area contributed by atoms with E-state index in [9.17, 15) is 0 Å². The molecule has 1 aliphatic heterocycles. The number of nitrogens with zero attached hydrogens (tertiary/aromatic N) is 2. The Bertz CT molecular complexity index is 1030. The number of para-hydroxylation sites is 1. The highest BCUT2D eigenvalue weighted by molar-refractivity contribution is 5.51. The number of aryl methyl sites for hydroxylation is 1. The van der Waals surface area contributed by atoms with Crippen molar-refractivity contribution < 1.29 is 4.57 Å². The molecule has 2 nitrogen and oxygen atoms in total. The van der Waals surface area contributed by atoms with Gasteiger partial charge in [0.05, 0.1) is 17.0 Å². The Morgan fingerprint density at radius 2 is 1.52 bits per heavy atom. The molecule has 4 rings (SSSR count). The normalized spacial score (nSPS) is 18.7. The third-order valence-corrected chi connectivity index (χ3v) is 5.81. The van der Waals surface area contributed by atoms with Gasteiger partial charge in [0.1, 0.15) is 5.69 Å². The molecule has 0 saturated heterocycles. The van der Waals surface area contributed by atoms with Crippen LogP contribution in [0.2, 0.25) is 0 Å². The smallest absolute Gasteiger partial charge is 0.202 e. The van der Waals surface area contributed by atoms with Crippen molar-refractivity contribution >= 4 is 6.20 Å². The summed E-state index contributed by atoms with van der Waals surface area (Å²) in [7, 11) is 0. The van der Waals surface area contributed by atoms with Gasteiger partial charge in [0, 0.05) is 6.92 Å². The summed E-state index contributed by atoms with van der Waals surface area (Å²) in [6, 6.07) is 19.5. The van der Waals surface area contributed by atoms with Crippen LogP contribution in [0.1, 0.15) is 56.0 Å². The number of allylic oxidation sites excluding steroid dienone is 1. The van der Waals surface area contributed by atoms with Crippen LogP contribution in [0.25, 0.3) is 11.9 Å². The summed E-state index contributed by atoms with van der Waals surface area (Å²) in [6.45, 7) is 13.7. The standard InChI is InChI=1S/C25H29N2/c1-18-12-10-11-15-21(18)27-19(2)22-25(6,20-13-8-7-9-14-20)16-17-26(22)23(27)24(3,4)5/h7-17H,1-6H3/q+1. The van der Waals surface area contributed by atoms with Gasteiger partial charge in [0.25, 0.3) is 5.82 Å². The van der Waals surface area contributed by atoms with E-state index in [0.717, 1.165) is 0 Å². The van der Waals surface area contributed by atoms with Crippen molar-refractivity contribution in [2.45, 2.75) is 52.4 Å². The van der Waals surface area contributed by atoms with E-state index in [1.54, 1.807) is 0 Å². The summed E-state index contributed by atoms with van der Waals surface area (Å²) in [5.41, 5.74) is 6.46. The second-order valence-electron chi connectivity index (χ2n) is 8.88. The molecule has 2 heteroatoms. The first-order valence-corrected chi connectivity index (χ1v) is 9.74. The number of rotatable bonds is 2. The van der Waals surface area contributed by atoms with Crippen LogP contribution in [0, 0.1) is 13.8 Å². The molecule has 0 amide bonds. The third-order valence-electron chi connectivity index (χ3n) is 5.81. The number of aromatic nitrogens is 2. The summed E-state index contributed by atoms with van der Waals surface area (Å²) in [5.74, 6) is 1.32. The summed E-state index contributed by atoms with van der Waals surface area (Å²) in [5, 5.41) is 0. The molecule has 0 radical (unpaired) electrons. The Hall–Kier alpha value is -2.61. The Kier molecular flexibility index (Phi) is 3.92. The summed E-state index contributed by atoms with van der Waals surface area (Å²) in [4.78, 5) is 0. The number of fused-ring (bicyclic) bond motifs is 1. The molecule has 0 N–H and O–H groups in total. The molecule has 3 aromatic rings. The van der Waals surface area contributed by atoms with Crippen LogP contribution in [-0.2, 0) is 10.8 Å². The zero-order valence-electron chi connectivity index (χ0n) is 17.2. The van der Waals surface area contributed by atoms with Gasteiger partial charge >= 0.3 is 0 Å². The van der Waals surface area contributed by atoms with E-state index in [-0.39, 0.29) is 10.8 Å². The topological polar surface area (TPSA) is 8.81 Å². The quantitative estimate of drug-likeness (QED) is 0.538. The lowest BCUT2D eigenvalue weighted by Gasteiger charge is -2.20. The maximum Gasteiger partial charge on any atom is 0.272 e. The molecule has 0 spiro atoms. The fourth-order valence-corrected chi connectivity index (χ4v) is 4.55. The SMILES string of the molecule is Cc1ccccc1-n1c(C)c2[n+](c1C(C)(C)C)C=CC2(C)c1ccccc1. The fourth-order valence-electron chi connectivity index (χ4n) is 4.55. The Morgan fingerprint density at radius 1 is 0.889 bits per heavy atom. The number of hydrogen-bond acceptors (Lipinski definition) is 0. The lowest BCUT2D eigenvalue weighted by atomic mass is 9.80. The molecule has 0 aliphatic carbocycles. The third kappa shape index (κ3) is 2.58. The average molecular weight is 358 g/mol. The Balaban J connectivity index is 2.07. The van der Waals surface area contributed by atoms with Crippen LogP contribution in [0.15, 0.2) is 60.7 Å². The van der Waals surface area contributed by atoms with E-state index in [2.05, 4.69) is 118 Å². The van der Waals surface area contributed by atoms with Crippen LogP contribution >= 0.6 is 0 Å². The van der Waals surface area contributed by atoms with Gasteiger partial charge in [-0.15, -0.1) is 0 Å². The largest absolute Gasteiger partial charge is 0.272 e. The minimum absolute atomic E-state index is 0.0115. The second kappa shape index (κ2) is 5.95. The number of imidazole rings is 1. The molecule has 27 heavy (non-hydrogen) atoms. The monoisotopic (exact) mass is 357 g/mol. The second-order valence-corrected chi connectivity index (χ2v) is 8.88. The van der Waals surface area contributed by atoms with Gasteiger partial charge in [0.2, 0.25) is 0 Å². The molecular formula is C25H29N2+. The highest BCUT2D eigenvalue weighted by atomic mass is 15.2. The zero-order chi connectivity index (χ0) is 19.4. The van der Waals surface area contributed by atoms with E-state index in [1.807, 2.05) is 0 Å². The number of benzene rings is 2. The summed E-state index contributed by atoms with van der Waals surface area (Å²) < 4.78 is 4.89. The molecule has 1 atom stereocenters. The van der Waals surface area contributed by atoms with Crippen molar-refractivity contribution in [1.82, 2.24) is 4.57 Å². The van der Waals surface area contributed by atoms with Gasteiger partial charge in [-0.2, -0.15) is 4.57 Å². The van der Waals surface area contributed by atoms with Gasteiger partial charge in [-0.25, -0.2) is 4.57 Å². The van der Waals surface area contributed by atoms with Crippen LogP contribution in [0.5, 0.6) is 0 Å². The Morgan fingerprint density at radius 3 is 2.15 bits per heavy atom. The molecule has 138 valence electrons. The van der Waals surface area contributed by atoms with E-state index in [4.69, 9.17) is 0 Å². The minimum Gasteiger partial charge on any atom is -0.202 e. The molecule has 1 aliphatic rings. The highest BCUT2D eigenvalue weighted by Crippen LogP contribution is 2.40. The lowest BCUT2D eigenvalue weighted by molar-refractivity contribution is -0.586. The first-order chi connectivity index (χ1) is 12.7. The first-order valence-electron chi connectivity index (χ1n) is 9.74. The Labute approximate surface area is 162 Å². The molecule has 2 heterocycles. The maximum atomic E-state index is 2.47. The van der Waals surface area contributed by atoms with Crippen LogP contribution < -0.4 is 4.57 Å². The molecule has 0 bridgehead atoms. The van der Waals surface area contributed by atoms with E-state index in [1.165, 1.54) is 34.0 Å². The van der Waals surface area contributed by atoms with Crippen molar-refractivity contribution in [3.63, 3.8) is 0 Å². The van der Waals surface area contributed by atoms with Crippen LogP contribution in [0.3, 0.4) is 0 Å². The predicted molar refractivity (Wildman–Crippen MR) is 112 cm³/mol. The van der Waals surface area contributed by atoms with Crippen molar-refractivity contribution in [2.75, 3.05) is 0 Å². The molecule has 0 fully saturated rings. The predicted octanol–water partition coefficient (Wildman–Crippen LogP) is 5.47. The first kappa shape index (κ1) is 17.8. The van der Waals surface area contributed by atoms with E-state index < -0.39 is 0 Å².